The zero-order chi connectivity index (χ0) is 22.6. The van der Waals surface area contributed by atoms with Crippen molar-refractivity contribution in [3.63, 3.8) is 0 Å². The topological polar surface area (TPSA) is 84.9 Å². The highest BCUT2D eigenvalue weighted by molar-refractivity contribution is 6.05. The number of rotatable bonds is 5. The number of anilines is 2. The maximum Gasteiger partial charge on any atom is 0.409 e. The molecule has 10 heteroatoms. The quantitative estimate of drug-likeness (QED) is 0.725. The molecule has 1 aliphatic heterocycles. The molecule has 0 radical (unpaired) electrons. The van der Waals surface area contributed by atoms with Gasteiger partial charge in [0, 0.05) is 0 Å². The van der Waals surface area contributed by atoms with E-state index < -0.39 is 43.0 Å². The lowest BCUT2D eigenvalue weighted by molar-refractivity contribution is -0.158. The predicted molar refractivity (Wildman–Crippen MR) is 105 cm³/mol. The van der Waals surface area contributed by atoms with Gasteiger partial charge in [-0.05, 0) is 43.3 Å². The Bertz CT molecular complexity index is 976. The van der Waals surface area contributed by atoms with Crippen LogP contribution in [0, 0.1) is 0 Å². The molecule has 1 N–H and O–H groups in total. The molecule has 7 nitrogen and oxygen atoms in total. The highest BCUT2D eigenvalue weighted by Crippen LogP contribution is 2.37. The molecule has 2 aromatic rings. The zero-order valence-electron chi connectivity index (χ0n) is 16.4. The highest BCUT2D eigenvalue weighted by atomic mass is 19.4. The average molecular weight is 436 g/mol. The first-order valence-corrected chi connectivity index (χ1v) is 9.38. The summed E-state index contributed by atoms with van der Waals surface area (Å²) in [7, 11) is 0. The summed E-state index contributed by atoms with van der Waals surface area (Å²) in [5.41, 5.74) is 0.0416. The number of nitrogens with zero attached hydrogens (tertiary/aromatic N) is 1. The first kappa shape index (κ1) is 22.1. The van der Waals surface area contributed by atoms with E-state index in [1.165, 1.54) is 48.5 Å². The van der Waals surface area contributed by atoms with Crippen molar-refractivity contribution in [2.24, 2.45) is 0 Å². The van der Waals surface area contributed by atoms with Crippen molar-refractivity contribution >= 4 is 29.2 Å². The molecule has 0 fully saturated rings. The molecule has 1 atom stereocenters. The van der Waals surface area contributed by atoms with E-state index in [1.54, 1.807) is 6.92 Å². The third-order valence-corrected chi connectivity index (χ3v) is 4.50. The van der Waals surface area contributed by atoms with Gasteiger partial charge in [-0.25, -0.2) is 4.79 Å². The van der Waals surface area contributed by atoms with Gasteiger partial charge in [0.25, 0.3) is 5.91 Å². The van der Waals surface area contributed by atoms with E-state index in [1.807, 2.05) is 0 Å². The Hall–Kier alpha value is -3.56. The molecule has 0 aromatic heterocycles. The number of alkyl halides is 3. The summed E-state index contributed by atoms with van der Waals surface area (Å²) in [5.74, 6) is -2.33. The fourth-order valence-electron chi connectivity index (χ4n) is 3.13. The molecule has 0 spiro atoms. The molecule has 0 saturated carbocycles. The third-order valence-electron chi connectivity index (χ3n) is 4.50. The Labute approximate surface area is 175 Å². The summed E-state index contributed by atoms with van der Waals surface area (Å²) < 4.78 is 51.2. The fraction of sp³-hybridized carbons (Fsp3) is 0.286. The van der Waals surface area contributed by atoms with Crippen LogP contribution in [-0.4, -0.2) is 43.2 Å². The molecule has 3 rings (SSSR count). The van der Waals surface area contributed by atoms with Crippen LogP contribution in [0.3, 0.4) is 0 Å². The van der Waals surface area contributed by atoms with Crippen LogP contribution in [-0.2, 0) is 14.3 Å². The normalized spacial score (nSPS) is 16.1. The molecule has 1 unspecified atom stereocenters. The van der Waals surface area contributed by atoms with Crippen molar-refractivity contribution in [1.29, 1.82) is 0 Å². The van der Waals surface area contributed by atoms with Gasteiger partial charge in [0.2, 0.25) is 5.91 Å². The minimum Gasteiger partial charge on any atom is -0.494 e. The number of carbonyl (C=O) groups excluding carboxylic acids is 3. The van der Waals surface area contributed by atoms with Gasteiger partial charge >= 0.3 is 12.1 Å². The number of esters is 1. The molecule has 1 heterocycles. The Morgan fingerprint density at radius 1 is 1.13 bits per heavy atom. The predicted octanol–water partition coefficient (Wildman–Crippen LogP) is 3.55. The van der Waals surface area contributed by atoms with Crippen LogP contribution < -0.4 is 15.0 Å². The van der Waals surface area contributed by atoms with E-state index in [0.29, 0.717) is 17.3 Å². The Morgan fingerprint density at radius 2 is 1.81 bits per heavy atom. The molecule has 31 heavy (non-hydrogen) atoms. The van der Waals surface area contributed by atoms with Gasteiger partial charge in [0.05, 0.1) is 30.0 Å². The summed E-state index contributed by atoms with van der Waals surface area (Å²) in [5, 5.41) is 2.36. The lowest BCUT2D eigenvalue weighted by Crippen LogP contribution is -2.51. The van der Waals surface area contributed by atoms with Crippen LogP contribution in [0.25, 0.3) is 0 Å². The van der Waals surface area contributed by atoms with Crippen molar-refractivity contribution in [1.82, 2.24) is 0 Å². The molecule has 1 aliphatic rings. The van der Waals surface area contributed by atoms with Gasteiger partial charge in [-0.15, -0.1) is 0 Å². The molecule has 2 aromatic carbocycles. The van der Waals surface area contributed by atoms with Crippen molar-refractivity contribution < 1.29 is 37.0 Å². The number of ether oxygens (including phenoxy) is 2. The maximum absolute atomic E-state index is 13.7. The first-order chi connectivity index (χ1) is 14.7. The monoisotopic (exact) mass is 436 g/mol. The molecule has 0 aliphatic carbocycles. The van der Waals surface area contributed by atoms with Crippen molar-refractivity contribution in [2.45, 2.75) is 25.6 Å². The van der Waals surface area contributed by atoms with Crippen LogP contribution in [0.15, 0.2) is 48.5 Å². The lowest BCUT2D eigenvalue weighted by atomic mass is 10.1. The number of hydrogen-bond donors (Lipinski definition) is 1. The number of amides is 2. The van der Waals surface area contributed by atoms with E-state index in [9.17, 15) is 27.6 Å². The van der Waals surface area contributed by atoms with Crippen molar-refractivity contribution in [2.75, 3.05) is 23.4 Å². The first-order valence-electron chi connectivity index (χ1n) is 9.38. The summed E-state index contributed by atoms with van der Waals surface area (Å²) >= 11 is 0. The summed E-state index contributed by atoms with van der Waals surface area (Å²) in [6, 6.07) is 9.13. The number of fused-ring (bicyclic) bond motifs is 1. The Kier molecular flexibility index (Phi) is 6.47. The Balaban J connectivity index is 1.80. The van der Waals surface area contributed by atoms with Crippen molar-refractivity contribution in [3.05, 3.63) is 54.1 Å². The second-order valence-electron chi connectivity index (χ2n) is 6.62. The minimum absolute atomic E-state index is 0.0606. The maximum atomic E-state index is 13.7. The van der Waals surface area contributed by atoms with E-state index in [4.69, 9.17) is 9.47 Å². The van der Waals surface area contributed by atoms with E-state index >= 15 is 0 Å². The van der Waals surface area contributed by atoms with Gasteiger partial charge in [0.1, 0.15) is 11.8 Å². The van der Waals surface area contributed by atoms with Gasteiger partial charge in [-0.2, -0.15) is 13.2 Å². The number of carbonyl (C=O) groups is 3. The zero-order valence-corrected chi connectivity index (χ0v) is 16.4. The molecule has 164 valence electrons. The van der Waals surface area contributed by atoms with Crippen LogP contribution in [0.4, 0.5) is 24.5 Å². The second-order valence-corrected chi connectivity index (χ2v) is 6.62. The SMILES string of the molecule is CCOc1ccc(C(=O)OCC(=O)N2c3ccccc3NC(=O)CC2C(F)(F)F)cc1. The van der Waals surface area contributed by atoms with Crippen molar-refractivity contribution in [3.8, 4) is 5.75 Å². The standard InChI is InChI=1S/C21H19F3N2O5/c1-2-30-14-9-7-13(8-10-14)20(29)31-12-19(28)26-16-6-4-3-5-15(16)25-18(27)11-17(26)21(22,23)24/h3-10,17H,2,11-12H2,1H3,(H,25,27). The largest absolute Gasteiger partial charge is 0.494 e. The lowest BCUT2D eigenvalue weighted by Gasteiger charge is -2.31. The van der Waals surface area contributed by atoms with E-state index in [-0.39, 0.29) is 16.9 Å². The number of hydrogen-bond acceptors (Lipinski definition) is 5. The molecular formula is C21H19F3N2O5. The summed E-state index contributed by atoms with van der Waals surface area (Å²) in [4.78, 5) is 37.4. The average Bonchev–Trinajstić information content (AvgIpc) is 2.88. The number of para-hydroxylation sites is 2. The second kappa shape index (κ2) is 9.07. The smallest absolute Gasteiger partial charge is 0.409 e. The van der Waals surface area contributed by atoms with Gasteiger partial charge < -0.3 is 14.8 Å². The molecular weight excluding hydrogens is 417 g/mol. The molecule has 0 bridgehead atoms. The number of benzene rings is 2. The number of halogens is 3. The highest BCUT2D eigenvalue weighted by Gasteiger charge is 2.49. The van der Waals surface area contributed by atoms with Crippen LogP contribution in [0.1, 0.15) is 23.7 Å². The summed E-state index contributed by atoms with van der Waals surface area (Å²) in [6.45, 7) is 1.31. The van der Waals surface area contributed by atoms with Crippen LogP contribution in [0.5, 0.6) is 5.75 Å². The van der Waals surface area contributed by atoms with E-state index in [0.717, 1.165) is 0 Å². The Morgan fingerprint density at radius 3 is 2.45 bits per heavy atom. The van der Waals surface area contributed by atoms with Gasteiger partial charge in [0.15, 0.2) is 6.61 Å². The molecule has 2 amide bonds. The minimum atomic E-state index is -4.87. The number of nitrogens with one attached hydrogen (secondary N) is 1. The summed E-state index contributed by atoms with van der Waals surface area (Å²) in [6.07, 6.45) is -5.85. The van der Waals surface area contributed by atoms with Gasteiger partial charge in [-0.3, -0.25) is 14.5 Å². The third kappa shape index (κ3) is 5.14. The van der Waals surface area contributed by atoms with E-state index in [2.05, 4.69) is 5.32 Å². The van der Waals surface area contributed by atoms with Crippen LogP contribution in [0.2, 0.25) is 0 Å². The fourth-order valence-corrected chi connectivity index (χ4v) is 3.13. The molecule has 0 saturated heterocycles. The van der Waals surface area contributed by atoms with Crippen LogP contribution >= 0.6 is 0 Å². The van der Waals surface area contributed by atoms with Gasteiger partial charge in [-0.1, -0.05) is 12.1 Å².